The molecule has 1 amide bonds. The largest absolute Gasteiger partial charge is 0.480 e. The van der Waals surface area contributed by atoms with Crippen LogP contribution in [0.2, 0.25) is 0 Å². The number of ether oxygens (including phenoxy) is 1. The predicted molar refractivity (Wildman–Crippen MR) is 100 cm³/mol. The van der Waals surface area contributed by atoms with E-state index in [1.807, 2.05) is 26.0 Å². The number of carboxylic acid groups (broad SMARTS) is 1. The van der Waals surface area contributed by atoms with Gasteiger partial charge in [0.05, 0.1) is 12.2 Å². The van der Waals surface area contributed by atoms with Crippen LogP contribution >= 0.6 is 0 Å². The van der Waals surface area contributed by atoms with E-state index in [-0.39, 0.29) is 30.7 Å². The molecule has 1 aliphatic rings. The summed E-state index contributed by atoms with van der Waals surface area (Å²) in [5.41, 5.74) is 1.66. The molecule has 26 heavy (non-hydrogen) atoms. The van der Waals surface area contributed by atoms with Gasteiger partial charge in [-0.3, -0.25) is 14.5 Å². The molecule has 6 heteroatoms. The molecule has 0 unspecified atom stereocenters. The first-order valence-electron chi connectivity index (χ1n) is 9.29. The minimum absolute atomic E-state index is 0.116. The predicted octanol–water partition coefficient (Wildman–Crippen LogP) is 2.62. The molecule has 0 radical (unpaired) electrons. The maximum absolute atomic E-state index is 12.7. The fourth-order valence-electron chi connectivity index (χ4n) is 3.38. The zero-order valence-corrected chi connectivity index (χ0v) is 16.1. The highest BCUT2D eigenvalue weighted by Gasteiger charge is 2.24. The van der Waals surface area contributed by atoms with Gasteiger partial charge in [0, 0.05) is 31.2 Å². The van der Waals surface area contributed by atoms with Crippen LogP contribution in [0.15, 0.2) is 24.3 Å². The van der Waals surface area contributed by atoms with Crippen molar-refractivity contribution in [2.24, 2.45) is 0 Å². The average Bonchev–Trinajstić information content (AvgIpc) is 2.58. The summed E-state index contributed by atoms with van der Waals surface area (Å²) < 4.78 is 5.76. The van der Waals surface area contributed by atoms with Crippen molar-refractivity contribution in [3.05, 3.63) is 35.4 Å². The second kappa shape index (κ2) is 9.14. The summed E-state index contributed by atoms with van der Waals surface area (Å²) in [4.78, 5) is 27.6. The Morgan fingerprint density at radius 1 is 1.23 bits per heavy atom. The summed E-state index contributed by atoms with van der Waals surface area (Å²) in [6.07, 6.45) is 1.16. The van der Waals surface area contributed by atoms with Crippen molar-refractivity contribution in [3.63, 3.8) is 0 Å². The first-order valence-corrected chi connectivity index (χ1v) is 9.29. The van der Waals surface area contributed by atoms with E-state index in [2.05, 4.69) is 18.7 Å². The van der Waals surface area contributed by atoms with Gasteiger partial charge in [-0.25, -0.2) is 0 Å². The lowest BCUT2D eigenvalue weighted by atomic mass is 10.1. The van der Waals surface area contributed by atoms with E-state index in [9.17, 15) is 9.59 Å². The number of benzene rings is 1. The van der Waals surface area contributed by atoms with Crippen LogP contribution in [0.3, 0.4) is 0 Å². The lowest BCUT2D eigenvalue weighted by molar-refractivity contribution is -0.138. The second-order valence-corrected chi connectivity index (χ2v) is 7.23. The van der Waals surface area contributed by atoms with Crippen molar-refractivity contribution in [1.82, 2.24) is 9.80 Å². The molecule has 0 aromatic heterocycles. The molecule has 6 nitrogen and oxygen atoms in total. The van der Waals surface area contributed by atoms with Crippen LogP contribution in [0.1, 0.15) is 50.0 Å². The van der Waals surface area contributed by atoms with E-state index in [4.69, 9.17) is 9.84 Å². The number of hydrogen-bond donors (Lipinski definition) is 1. The van der Waals surface area contributed by atoms with Gasteiger partial charge in [0.15, 0.2) is 0 Å². The quantitative estimate of drug-likeness (QED) is 0.807. The highest BCUT2D eigenvalue weighted by Crippen LogP contribution is 2.16. The molecular formula is C20H30N2O4. The van der Waals surface area contributed by atoms with Crippen LogP contribution in [0, 0.1) is 0 Å². The third-order valence-electron chi connectivity index (χ3n) is 4.79. The topological polar surface area (TPSA) is 70.1 Å². The molecule has 3 atom stereocenters. The number of carboxylic acids is 1. The molecule has 2 rings (SSSR count). The number of carbonyl (C=O) groups excluding carboxylic acids is 1. The summed E-state index contributed by atoms with van der Waals surface area (Å²) in [5.74, 6) is -1.23. The molecule has 0 bridgehead atoms. The number of amides is 1. The van der Waals surface area contributed by atoms with Gasteiger partial charge >= 0.3 is 5.97 Å². The molecule has 1 saturated heterocycles. The molecule has 1 heterocycles. The maximum atomic E-state index is 12.7. The van der Waals surface area contributed by atoms with Crippen molar-refractivity contribution < 1.29 is 19.4 Å². The average molecular weight is 362 g/mol. The molecular weight excluding hydrogens is 332 g/mol. The van der Waals surface area contributed by atoms with E-state index < -0.39 is 5.97 Å². The summed E-state index contributed by atoms with van der Waals surface area (Å²) in [6, 6.07) is 7.38. The number of nitrogens with zero attached hydrogens (tertiary/aromatic N) is 2. The maximum Gasteiger partial charge on any atom is 0.323 e. The van der Waals surface area contributed by atoms with E-state index in [0.29, 0.717) is 12.0 Å². The molecule has 144 valence electrons. The van der Waals surface area contributed by atoms with Crippen molar-refractivity contribution in [1.29, 1.82) is 0 Å². The van der Waals surface area contributed by atoms with Crippen LogP contribution < -0.4 is 0 Å². The molecule has 0 spiro atoms. The zero-order valence-electron chi connectivity index (χ0n) is 16.1. The lowest BCUT2D eigenvalue weighted by Gasteiger charge is -2.35. The lowest BCUT2D eigenvalue weighted by Crippen LogP contribution is -2.44. The summed E-state index contributed by atoms with van der Waals surface area (Å²) in [6.45, 7) is 10.3. The van der Waals surface area contributed by atoms with Crippen molar-refractivity contribution >= 4 is 11.9 Å². The molecule has 1 N–H and O–H groups in total. The highest BCUT2D eigenvalue weighted by molar-refractivity contribution is 5.96. The first-order chi connectivity index (χ1) is 12.3. The van der Waals surface area contributed by atoms with E-state index >= 15 is 0 Å². The third kappa shape index (κ3) is 5.54. The standard InChI is InChI=1S/C20H30N2O4/c1-5-14(2)22(13-19(23)24)20(25)18-8-6-17(7-9-18)12-21-10-15(3)26-16(4)11-21/h6-9,14-16H,5,10-13H2,1-4H3,(H,23,24)/t14-,15-,16+/m0/s1. The SMILES string of the molecule is CC[C@H](C)N(CC(=O)O)C(=O)c1ccc(CN2C[C@@H](C)O[C@@H](C)C2)cc1. The summed E-state index contributed by atoms with van der Waals surface area (Å²) in [5, 5.41) is 9.08. The minimum Gasteiger partial charge on any atom is -0.480 e. The molecule has 1 fully saturated rings. The van der Waals surface area contributed by atoms with Crippen molar-refractivity contribution in [3.8, 4) is 0 Å². The van der Waals surface area contributed by atoms with Crippen LogP contribution in [-0.4, -0.2) is 64.7 Å². The molecule has 1 aliphatic heterocycles. The first kappa shape index (κ1) is 20.4. The number of morpholine rings is 1. The molecule has 1 aromatic carbocycles. The molecule has 0 saturated carbocycles. The van der Waals surface area contributed by atoms with Gasteiger partial charge in [0.1, 0.15) is 6.54 Å². The van der Waals surface area contributed by atoms with Gasteiger partial charge in [0.25, 0.3) is 5.91 Å². The Morgan fingerprint density at radius 2 is 1.81 bits per heavy atom. The van der Waals surface area contributed by atoms with Gasteiger partial charge in [-0.05, 0) is 44.9 Å². The Labute approximate surface area is 155 Å². The Balaban J connectivity index is 2.05. The van der Waals surface area contributed by atoms with Crippen LogP contribution in [0.5, 0.6) is 0 Å². The van der Waals surface area contributed by atoms with E-state index in [1.54, 1.807) is 12.1 Å². The Morgan fingerprint density at radius 3 is 2.31 bits per heavy atom. The Hall–Kier alpha value is -1.92. The van der Waals surface area contributed by atoms with Crippen molar-refractivity contribution in [2.75, 3.05) is 19.6 Å². The number of rotatable bonds is 7. The van der Waals surface area contributed by atoms with Gasteiger partial charge in [0.2, 0.25) is 0 Å². The zero-order chi connectivity index (χ0) is 19.3. The fraction of sp³-hybridized carbons (Fsp3) is 0.600. The van der Waals surface area contributed by atoms with Crippen LogP contribution in [0.4, 0.5) is 0 Å². The van der Waals surface area contributed by atoms with Gasteiger partial charge in [-0.1, -0.05) is 19.1 Å². The summed E-state index contributed by atoms with van der Waals surface area (Å²) in [7, 11) is 0. The smallest absolute Gasteiger partial charge is 0.323 e. The number of aliphatic carboxylic acids is 1. The fourth-order valence-corrected chi connectivity index (χ4v) is 3.38. The Kier molecular flexibility index (Phi) is 7.17. The van der Waals surface area contributed by atoms with Gasteiger partial charge < -0.3 is 14.7 Å². The minimum atomic E-state index is -0.995. The van der Waals surface area contributed by atoms with E-state index in [0.717, 1.165) is 25.2 Å². The molecule has 0 aliphatic carbocycles. The second-order valence-electron chi connectivity index (χ2n) is 7.23. The highest BCUT2D eigenvalue weighted by atomic mass is 16.5. The van der Waals surface area contributed by atoms with Crippen molar-refractivity contribution in [2.45, 2.75) is 58.9 Å². The van der Waals surface area contributed by atoms with Gasteiger partial charge in [-0.15, -0.1) is 0 Å². The normalized spacial score (nSPS) is 22.0. The third-order valence-corrected chi connectivity index (χ3v) is 4.79. The molecule has 1 aromatic rings. The van der Waals surface area contributed by atoms with E-state index in [1.165, 1.54) is 4.90 Å². The Bertz CT molecular complexity index is 607. The number of carbonyl (C=O) groups is 2. The number of hydrogen-bond acceptors (Lipinski definition) is 4. The van der Waals surface area contributed by atoms with Gasteiger partial charge in [-0.2, -0.15) is 0 Å². The monoisotopic (exact) mass is 362 g/mol. The van der Waals surface area contributed by atoms with Crippen LogP contribution in [-0.2, 0) is 16.1 Å². The summed E-state index contributed by atoms with van der Waals surface area (Å²) >= 11 is 0. The van der Waals surface area contributed by atoms with Crippen LogP contribution in [0.25, 0.3) is 0 Å².